The smallest absolute Gasteiger partial charge is 0.0790 e. The molecule has 0 bridgehead atoms. The normalized spacial score (nSPS) is 27.3. The van der Waals surface area contributed by atoms with Crippen molar-refractivity contribution in [3.63, 3.8) is 0 Å². The van der Waals surface area contributed by atoms with Gasteiger partial charge in [-0.3, -0.25) is 4.84 Å². The van der Waals surface area contributed by atoms with Gasteiger partial charge in [0.2, 0.25) is 0 Å². The molecule has 0 radical (unpaired) electrons. The number of nitrogens with one attached hydrogen (secondary N) is 1. The topological polar surface area (TPSA) is 21.3 Å². The molecule has 2 rings (SSSR count). The highest BCUT2D eigenvalue weighted by Crippen LogP contribution is 2.22. The molecule has 0 aromatic heterocycles. The Hall–Kier alpha value is -0.0800. The zero-order valence-electron chi connectivity index (χ0n) is 7.01. The maximum atomic E-state index is 5.56. The quantitative estimate of drug-likeness (QED) is 0.629. The van der Waals surface area contributed by atoms with Crippen LogP contribution in [0.1, 0.15) is 44.9 Å². The molecule has 2 heteroatoms. The first-order chi connectivity index (χ1) is 5.45. The third kappa shape index (κ3) is 2.46. The van der Waals surface area contributed by atoms with Crippen LogP contribution >= 0.6 is 0 Å². The third-order valence-electron chi connectivity index (χ3n) is 2.53. The van der Waals surface area contributed by atoms with Gasteiger partial charge in [0.05, 0.1) is 6.10 Å². The van der Waals surface area contributed by atoms with Crippen LogP contribution in [0.2, 0.25) is 0 Å². The first-order valence-corrected chi connectivity index (χ1v) is 4.86. The summed E-state index contributed by atoms with van der Waals surface area (Å²) in [7, 11) is 0. The summed E-state index contributed by atoms with van der Waals surface area (Å²) in [5, 5.41) is 0. The molecule has 0 atom stereocenters. The van der Waals surface area contributed by atoms with Gasteiger partial charge in [0.1, 0.15) is 0 Å². The van der Waals surface area contributed by atoms with Crippen molar-refractivity contribution in [3.05, 3.63) is 0 Å². The molecular formula is C9H17NO. The van der Waals surface area contributed by atoms with Crippen LogP contribution in [0.15, 0.2) is 0 Å². The van der Waals surface area contributed by atoms with Gasteiger partial charge in [0, 0.05) is 6.04 Å². The predicted molar refractivity (Wildman–Crippen MR) is 44.1 cm³/mol. The van der Waals surface area contributed by atoms with Gasteiger partial charge in [0.25, 0.3) is 0 Å². The fraction of sp³-hybridized carbons (Fsp3) is 1.00. The van der Waals surface area contributed by atoms with Gasteiger partial charge in [-0.2, -0.15) is 5.48 Å². The van der Waals surface area contributed by atoms with Crippen molar-refractivity contribution in [2.75, 3.05) is 0 Å². The molecule has 2 aliphatic carbocycles. The van der Waals surface area contributed by atoms with Crippen molar-refractivity contribution in [2.45, 2.75) is 57.1 Å². The second-order valence-corrected chi connectivity index (χ2v) is 3.77. The summed E-state index contributed by atoms with van der Waals surface area (Å²) < 4.78 is 0. The lowest BCUT2D eigenvalue weighted by molar-refractivity contribution is -0.0454. The summed E-state index contributed by atoms with van der Waals surface area (Å²) in [6, 6.07) is 0.692. The Labute approximate surface area is 68.3 Å². The zero-order valence-corrected chi connectivity index (χ0v) is 7.01. The van der Waals surface area contributed by atoms with Crippen molar-refractivity contribution in [2.24, 2.45) is 0 Å². The van der Waals surface area contributed by atoms with E-state index in [2.05, 4.69) is 5.48 Å². The molecule has 0 saturated heterocycles. The van der Waals surface area contributed by atoms with Crippen molar-refractivity contribution in [1.29, 1.82) is 0 Å². The molecule has 0 aliphatic heterocycles. The highest BCUT2D eigenvalue weighted by Gasteiger charge is 2.23. The summed E-state index contributed by atoms with van der Waals surface area (Å²) in [6.45, 7) is 0. The third-order valence-corrected chi connectivity index (χ3v) is 2.53. The minimum absolute atomic E-state index is 0.518. The number of hydrogen-bond acceptors (Lipinski definition) is 2. The fourth-order valence-corrected chi connectivity index (χ4v) is 1.58. The molecule has 2 nitrogen and oxygen atoms in total. The molecule has 64 valence electrons. The van der Waals surface area contributed by atoms with Crippen molar-refractivity contribution < 1.29 is 4.84 Å². The second kappa shape index (κ2) is 3.55. The Morgan fingerprint density at radius 1 is 0.909 bits per heavy atom. The van der Waals surface area contributed by atoms with Gasteiger partial charge in [-0.1, -0.05) is 19.3 Å². The SMILES string of the molecule is C1CCC(ONC2CC2)CC1. The molecule has 0 heterocycles. The lowest BCUT2D eigenvalue weighted by Gasteiger charge is -2.21. The highest BCUT2D eigenvalue weighted by molar-refractivity contribution is 4.77. The average Bonchev–Trinajstić information content (AvgIpc) is 2.86. The standard InChI is InChI=1S/C9H17NO/c1-2-4-9(5-3-1)11-10-8-6-7-8/h8-10H,1-7H2. The summed E-state index contributed by atoms with van der Waals surface area (Å²) in [6.07, 6.45) is 9.79. The molecular weight excluding hydrogens is 138 g/mol. The van der Waals surface area contributed by atoms with E-state index in [4.69, 9.17) is 4.84 Å². The van der Waals surface area contributed by atoms with E-state index in [9.17, 15) is 0 Å². The van der Waals surface area contributed by atoms with E-state index in [1.807, 2.05) is 0 Å². The van der Waals surface area contributed by atoms with Crippen LogP contribution in [0.5, 0.6) is 0 Å². The van der Waals surface area contributed by atoms with Gasteiger partial charge in [0.15, 0.2) is 0 Å². The van der Waals surface area contributed by atoms with Gasteiger partial charge >= 0.3 is 0 Å². The minimum Gasteiger partial charge on any atom is -0.298 e. The lowest BCUT2D eigenvalue weighted by atomic mass is 9.98. The molecule has 1 N–H and O–H groups in total. The van der Waals surface area contributed by atoms with E-state index in [1.165, 1.54) is 44.9 Å². The molecule has 0 aromatic carbocycles. The van der Waals surface area contributed by atoms with E-state index in [-0.39, 0.29) is 0 Å². The van der Waals surface area contributed by atoms with Crippen molar-refractivity contribution in [1.82, 2.24) is 5.48 Å². The van der Waals surface area contributed by atoms with Crippen LogP contribution < -0.4 is 5.48 Å². The fourth-order valence-electron chi connectivity index (χ4n) is 1.58. The van der Waals surface area contributed by atoms with E-state index in [0.29, 0.717) is 12.1 Å². The predicted octanol–water partition coefficient (Wildman–Crippen LogP) is 2.00. The Bertz CT molecular complexity index is 117. The summed E-state index contributed by atoms with van der Waals surface area (Å²) in [5.41, 5.74) is 3.13. The molecule has 0 unspecified atom stereocenters. The lowest BCUT2D eigenvalue weighted by Crippen LogP contribution is -2.27. The van der Waals surface area contributed by atoms with Crippen LogP contribution in [0.4, 0.5) is 0 Å². The molecule has 2 aliphatic rings. The van der Waals surface area contributed by atoms with Crippen LogP contribution in [-0.2, 0) is 4.84 Å². The van der Waals surface area contributed by atoms with Gasteiger partial charge in [-0.25, -0.2) is 0 Å². The minimum atomic E-state index is 0.518. The van der Waals surface area contributed by atoms with E-state index in [1.54, 1.807) is 0 Å². The Morgan fingerprint density at radius 3 is 2.27 bits per heavy atom. The molecule has 2 saturated carbocycles. The Balaban J connectivity index is 1.59. The summed E-state index contributed by atoms with van der Waals surface area (Å²) in [5.74, 6) is 0. The largest absolute Gasteiger partial charge is 0.298 e. The van der Waals surface area contributed by atoms with E-state index >= 15 is 0 Å². The van der Waals surface area contributed by atoms with Gasteiger partial charge in [-0.15, -0.1) is 0 Å². The maximum absolute atomic E-state index is 5.56. The average molecular weight is 155 g/mol. The Kier molecular flexibility index (Phi) is 2.44. The van der Waals surface area contributed by atoms with Crippen LogP contribution in [0.3, 0.4) is 0 Å². The zero-order chi connectivity index (χ0) is 7.52. The van der Waals surface area contributed by atoms with E-state index < -0.39 is 0 Å². The van der Waals surface area contributed by atoms with Crippen LogP contribution in [-0.4, -0.2) is 12.1 Å². The number of rotatable bonds is 3. The molecule has 11 heavy (non-hydrogen) atoms. The summed E-state index contributed by atoms with van der Waals surface area (Å²) in [4.78, 5) is 5.56. The highest BCUT2D eigenvalue weighted by atomic mass is 16.7. The molecule has 0 spiro atoms. The van der Waals surface area contributed by atoms with Crippen LogP contribution in [0.25, 0.3) is 0 Å². The molecule has 0 aromatic rings. The van der Waals surface area contributed by atoms with E-state index in [0.717, 1.165) is 0 Å². The van der Waals surface area contributed by atoms with Crippen molar-refractivity contribution >= 4 is 0 Å². The van der Waals surface area contributed by atoms with Crippen molar-refractivity contribution in [3.8, 4) is 0 Å². The summed E-state index contributed by atoms with van der Waals surface area (Å²) >= 11 is 0. The first kappa shape index (κ1) is 7.56. The Morgan fingerprint density at radius 2 is 1.64 bits per heavy atom. The first-order valence-electron chi connectivity index (χ1n) is 4.86. The molecule has 0 amide bonds. The van der Waals surface area contributed by atoms with Gasteiger partial charge < -0.3 is 0 Å². The van der Waals surface area contributed by atoms with Gasteiger partial charge in [-0.05, 0) is 25.7 Å². The monoisotopic (exact) mass is 155 g/mol. The van der Waals surface area contributed by atoms with Crippen LogP contribution in [0, 0.1) is 0 Å². The maximum Gasteiger partial charge on any atom is 0.0790 e. The number of hydroxylamine groups is 1. The number of hydrogen-bond donors (Lipinski definition) is 1. The molecule has 2 fully saturated rings. The second-order valence-electron chi connectivity index (χ2n) is 3.77.